The third-order valence-corrected chi connectivity index (χ3v) is 4.25. The fourth-order valence-electron chi connectivity index (χ4n) is 2.40. The van der Waals surface area contributed by atoms with Crippen LogP contribution in [0.3, 0.4) is 0 Å². The van der Waals surface area contributed by atoms with Crippen molar-refractivity contribution in [3.8, 4) is 22.5 Å². The topological polar surface area (TPSA) is 50.2 Å². The van der Waals surface area contributed by atoms with Crippen LogP contribution in [0.4, 0.5) is 13.2 Å². The number of aromatic nitrogens is 1. The van der Waals surface area contributed by atoms with Crippen molar-refractivity contribution < 1.29 is 23.1 Å². The highest BCUT2D eigenvalue weighted by molar-refractivity contribution is 9.10. The molecule has 0 atom stereocenters. The van der Waals surface area contributed by atoms with Crippen molar-refractivity contribution in [3.63, 3.8) is 0 Å². The molecule has 1 heterocycles. The van der Waals surface area contributed by atoms with Crippen LogP contribution < -0.4 is 0 Å². The molecule has 1 N–H and O–H groups in total. The second-order valence-electron chi connectivity index (χ2n) is 5.51. The maximum Gasteiger partial charge on any atom is 0.416 e. The number of hydrogen-bond acceptors (Lipinski definition) is 2. The van der Waals surface area contributed by atoms with Gasteiger partial charge < -0.3 is 5.11 Å². The van der Waals surface area contributed by atoms with E-state index in [0.717, 1.165) is 16.6 Å². The lowest BCUT2D eigenvalue weighted by atomic mass is 10.0. The zero-order valence-corrected chi connectivity index (χ0v) is 14.7. The largest absolute Gasteiger partial charge is 0.478 e. The molecule has 0 spiro atoms. The van der Waals surface area contributed by atoms with Crippen molar-refractivity contribution in [3.05, 3.63) is 76.3 Å². The van der Waals surface area contributed by atoms with Gasteiger partial charge in [0.1, 0.15) is 0 Å². The Morgan fingerprint density at radius 2 is 1.35 bits per heavy atom. The molecular weight excluding hydrogens is 411 g/mol. The maximum atomic E-state index is 12.7. The predicted octanol–water partition coefficient (Wildman–Crippen LogP) is 5.90. The molecular formula is C19H11BrF3NO2. The number of carbonyl (C=O) groups is 1. The van der Waals surface area contributed by atoms with E-state index < -0.39 is 17.7 Å². The van der Waals surface area contributed by atoms with Gasteiger partial charge in [0, 0.05) is 15.6 Å². The summed E-state index contributed by atoms with van der Waals surface area (Å²) in [4.78, 5) is 15.8. The van der Waals surface area contributed by atoms with Crippen LogP contribution in [0.5, 0.6) is 0 Å². The first-order chi connectivity index (χ1) is 12.2. The molecule has 3 aromatic rings. The van der Waals surface area contributed by atoms with Crippen molar-refractivity contribution in [2.75, 3.05) is 0 Å². The number of halogens is 4. The third kappa shape index (κ3) is 3.94. The number of pyridine rings is 1. The van der Waals surface area contributed by atoms with Gasteiger partial charge >= 0.3 is 12.1 Å². The van der Waals surface area contributed by atoms with Crippen LogP contribution >= 0.6 is 15.9 Å². The lowest BCUT2D eigenvalue weighted by molar-refractivity contribution is -0.137. The Hall–Kier alpha value is -2.67. The number of nitrogens with zero attached hydrogens (tertiary/aromatic N) is 1. The first-order valence-electron chi connectivity index (χ1n) is 7.43. The van der Waals surface area contributed by atoms with Gasteiger partial charge in [0.05, 0.1) is 22.5 Å². The van der Waals surface area contributed by atoms with Crippen molar-refractivity contribution in [2.45, 2.75) is 6.18 Å². The molecule has 3 nitrogen and oxygen atoms in total. The van der Waals surface area contributed by atoms with E-state index in [9.17, 15) is 23.1 Å². The molecule has 0 unspecified atom stereocenters. The van der Waals surface area contributed by atoms with Crippen LogP contribution in [0.1, 0.15) is 15.9 Å². The highest BCUT2D eigenvalue weighted by atomic mass is 79.9. The minimum absolute atomic E-state index is 0.00724. The van der Waals surface area contributed by atoms with Gasteiger partial charge in [-0.05, 0) is 36.4 Å². The first-order valence-corrected chi connectivity index (χ1v) is 8.22. The van der Waals surface area contributed by atoms with E-state index >= 15 is 0 Å². The summed E-state index contributed by atoms with van der Waals surface area (Å²) in [6.07, 6.45) is -4.43. The van der Waals surface area contributed by atoms with Gasteiger partial charge in [-0.3, -0.25) is 0 Å². The SMILES string of the molecule is O=C(O)c1cc(-c2ccc(Br)cc2)nc(-c2ccc(C(F)(F)F)cc2)c1. The summed E-state index contributed by atoms with van der Waals surface area (Å²) in [6, 6.07) is 14.4. The molecule has 0 saturated carbocycles. The lowest BCUT2D eigenvalue weighted by Gasteiger charge is -2.10. The van der Waals surface area contributed by atoms with Crippen LogP contribution in [0.25, 0.3) is 22.5 Å². The Bertz CT molecular complexity index is 952. The van der Waals surface area contributed by atoms with Crippen molar-refractivity contribution >= 4 is 21.9 Å². The molecule has 1 aromatic heterocycles. The van der Waals surface area contributed by atoms with E-state index in [1.807, 2.05) is 0 Å². The minimum atomic E-state index is -4.43. The number of rotatable bonds is 3. The molecule has 0 saturated heterocycles. The molecule has 3 rings (SSSR count). The van der Waals surface area contributed by atoms with Gasteiger partial charge in [-0.1, -0.05) is 40.2 Å². The van der Waals surface area contributed by atoms with E-state index in [4.69, 9.17) is 0 Å². The zero-order chi connectivity index (χ0) is 18.9. The summed E-state index contributed by atoms with van der Waals surface area (Å²) >= 11 is 3.32. The molecule has 0 fully saturated rings. The van der Waals surface area contributed by atoms with Crippen molar-refractivity contribution in [1.82, 2.24) is 4.98 Å². The number of alkyl halides is 3. The molecule has 26 heavy (non-hydrogen) atoms. The molecule has 2 aromatic carbocycles. The standard InChI is InChI=1S/C19H11BrF3NO2/c20-15-7-3-12(4-8-15)17-10-13(18(25)26)9-16(24-17)11-1-5-14(6-2-11)19(21,22)23/h1-10H,(H,25,26). The minimum Gasteiger partial charge on any atom is -0.478 e. The highest BCUT2D eigenvalue weighted by Crippen LogP contribution is 2.31. The first kappa shape index (κ1) is 18.1. The van der Waals surface area contributed by atoms with Crippen LogP contribution in [0.15, 0.2) is 65.1 Å². The second-order valence-corrected chi connectivity index (χ2v) is 6.43. The maximum absolute atomic E-state index is 12.7. The van der Waals surface area contributed by atoms with Crippen LogP contribution in [-0.4, -0.2) is 16.1 Å². The van der Waals surface area contributed by atoms with Gasteiger partial charge in [-0.25, -0.2) is 9.78 Å². The smallest absolute Gasteiger partial charge is 0.416 e. The number of carboxylic acid groups (broad SMARTS) is 1. The monoisotopic (exact) mass is 421 g/mol. The fourth-order valence-corrected chi connectivity index (χ4v) is 2.66. The van der Waals surface area contributed by atoms with Gasteiger partial charge in [0.25, 0.3) is 0 Å². The summed E-state index contributed by atoms with van der Waals surface area (Å²) in [5.74, 6) is -1.14. The predicted molar refractivity (Wildman–Crippen MR) is 94.8 cm³/mol. The summed E-state index contributed by atoms with van der Waals surface area (Å²) in [5.41, 5.74) is 1.05. The molecule has 0 bridgehead atoms. The van der Waals surface area contributed by atoms with Crippen LogP contribution in [0, 0.1) is 0 Å². The highest BCUT2D eigenvalue weighted by Gasteiger charge is 2.30. The Labute approximate surface area is 155 Å². The summed E-state index contributed by atoms with van der Waals surface area (Å²) in [5, 5.41) is 9.34. The van der Waals surface area contributed by atoms with Crippen molar-refractivity contribution in [2.24, 2.45) is 0 Å². The van der Waals surface area contributed by atoms with Crippen LogP contribution in [0.2, 0.25) is 0 Å². The Kier molecular flexibility index (Phi) is 4.82. The Morgan fingerprint density at radius 1 is 0.885 bits per heavy atom. The Morgan fingerprint density at radius 3 is 1.77 bits per heavy atom. The Balaban J connectivity index is 2.09. The van der Waals surface area contributed by atoms with E-state index in [1.165, 1.54) is 24.3 Å². The van der Waals surface area contributed by atoms with E-state index in [0.29, 0.717) is 16.8 Å². The number of hydrogen-bond donors (Lipinski definition) is 1. The average molecular weight is 422 g/mol. The third-order valence-electron chi connectivity index (χ3n) is 3.72. The molecule has 0 aliphatic carbocycles. The zero-order valence-electron chi connectivity index (χ0n) is 13.1. The molecule has 7 heteroatoms. The second kappa shape index (κ2) is 6.92. The fraction of sp³-hybridized carbons (Fsp3) is 0.0526. The van der Waals surface area contributed by atoms with E-state index in [2.05, 4.69) is 20.9 Å². The van der Waals surface area contributed by atoms with E-state index in [1.54, 1.807) is 24.3 Å². The summed E-state index contributed by atoms with van der Waals surface area (Å²) < 4.78 is 39.0. The van der Waals surface area contributed by atoms with Crippen molar-refractivity contribution in [1.29, 1.82) is 0 Å². The molecule has 0 amide bonds. The normalized spacial score (nSPS) is 11.4. The summed E-state index contributed by atoms with van der Waals surface area (Å²) in [7, 11) is 0. The van der Waals surface area contributed by atoms with Crippen LogP contribution in [-0.2, 0) is 6.18 Å². The van der Waals surface area contributed by atoms with E-state index in [-0.39, 0.29) is 11.3 Å². The van der Waals surface area contributed by atoms with Gasteiger partial charge in [-0.15, -0.1) is 0 Å². The lowest BCUT2D eigenvalue weighted by Crippen LogP contribution is -2.04. The number of aromatic carboxylic acids is 1. The molecule has 0 aliphatic heterocycles. The molecule has 132 valence electrons. The van der Waals surface area contributed by atoms with Gasteiger partial charge in [0.2, 0.25) is 0 Å². The number of benzene rings is 2. The summed E-state index contributed by atoms with van der Waals surface area (Å²) in [6.45, 7) is 0. The molecule has 0 aliphatic rings. The number of carboxylic acids is 1. The van der Waals surface area contributed by atoms with Gasteiger partial charge in [0.15, 0.2) is 0 Å². The quantitative estimate of drug-likeness (QED) is 0.572. The molecule has 0 radical (unpaired) electrons. The van der Waals surface area contributed by atoms with Gasteiger partial charge in [-0.2, -0.15) is 13.2 Å². The average Bonchev–Trinajstić information content (AvgIpc) is 2.61.